The Kier molecular flexibility index (Phi) is 17.9. The molecule has 1 heterocycles. The fourth-order valence-corrected chi connectivity index (χ4v) is 8.91. The van der Waals surface area contributed by atoms with E-state index in [0.29, 0.717) is 24.8 Å². The molecule has 1 aliphatic rings. The number of fused-ring (bicyclic) bond motifs is 3. The summed E-state index contributed by atoms with van der Waals surface area (Å²) in [6, 6.07) is 14.5. The van der Waals surface area contributed by atoms with Gasteiger partial charge in [0.1, 0.15) is 36.3 Å². The smallest absolute Gasteiger partial charge is 0.326 e. The highest BCUT2D eigenvalue weighted by molar-refractivity contribution is 5.98. The van der Waals surface area contributed by atoms with Crippen LogP contribution in [-0.2, 0) is 57.6 Å². The Balaban J connectivity index is 1.36. The van der Waals surface area contributed by atoms with Crippen LogP contribution >= 0.6 is 0 Å². The van der Waals surface area contributed by atoms with E-state index in [0.717, 1.165) is 33.2 Å². The number of hydrogen-bond acceptors (Lipinski definition) is 8. The number of rotatable bonds is 21. The number of H-pyrrole nitrogens is 1. The summed E-state index contributed by atoms with van der Waals surface area (Å²) in [5.41, 5.74) is 4.12. The fraction of sp³-hybridized carbons (Fsp3) is 0.462. The molecule has 0 radical (unpaired) electrons. The van der Waals surface area contributed by atoms with Crippen LogP contribution < -0.4 is 31.9 Å². The SMILES string of the molecule is CC[C@H](C)[C@H](NC(=O)[C@@H](NC(=O)[C@H](CC(=O)O)NC(=O)[C@H](CC(C)C)NC(=O)[C@H](NC(C)=O)C1c2ccccc2CCc2ccccc21)C(C)(C)C)C(=O)N[C@@H](Cc1c[nH]c2ccccc12)C(=O)O. The van der Waals surface area contributed by atoms with Gasteiger partial charge in [0.25, 0.3) is 0 Å². The number of aryl methyl sites for hydroxylation is 2. The summed E-state index contributed by atoms with van der Waals surface area (Å²) < 4.78 is 0. The van der Waals surface area contributed by atoms with Crippen LogP contribution in [0.15, 0.2) is 79.0 Å². The lowest BCUT2D eigenvalue weighted by atomic mass is 9.82. The summed E-state index contributed by atoms with van der Waals surface area (Å²) in [6.45, 7) is 13.4. The van der Waals surface area contributed by atoms with Crippen molar-refractivity contribution in [2.75, 3.05) is 0 Å². The molecular weight excluding hydrogens is 883 g/mol. The molecule has 0 saturated heterocycles. The predicted molar refractivity (Wildman–Crippen MR) is 260 cm³/mol. The molecular formula is C52H67N7O10. The third-order valence-corrected chi connectivity index (χ3v) is 12.7. The third kappa shape index (κ3) is 13.8. The van der Waals surface area contributed by atoms with Crippen LogP contribution in [0.4, 0.5) is 0 Å². The standard InChI is InChI=1S/C52H67N7O10/c1-9-29(4)43(48(65)57-40(51(68)69)25-33-27-53-37-21-15-14-18-34(33)37)58-50(67)45(52(6,7)8)59-47(64)39(26-41(61)62)55-46(63)38(24-28(2)3)56-49(66)44(54-30(5)60)42-35-19-12-10-16-31(35)22-23-32-17-11-13-20-36(32)42/h10-21,27-29,38-40,42-45,53H,9,22-26H2,1-8H3,(H,54,60)(H,55,63)(H,56,66)(H,57,65)(H,58,67)(H,59,64)(H,61,62)(H,68,69)/t29-,38-,39-,40-,43-,44+,45+/m0/s1. The Morgan fingerprint density at radius 3 is 1.77 bits per heavy atom. The van der Waals surface area contributed by atoms with Gasteiger partial charge in [-0.3, -0.25) is 33.6 Å². The number of carbonyl (C=O) groups is 8. The number of para-hydroxylation sites is 1. The Morgan fingerprint density at radius 1 is 0.667 bits per heavy atom. The number of carboxylic acid groups (broad SMARTS) is 2. The quantitative estimate of drug-likeness (QED) is 0.0573. The van der Waals surface area contributed by atoms with Crippen molar-refractivity contribution in [2.45, 2.75) is 136 Å². The summed E-state index contributed by atoms with van der Waals surface area (Å²) in [5, 5.41) is 37.0. The summed E-state index contributed by atoms with van der Waals surface area (Å²) in [5.74, 6) is -8.65. The monoisotopic (exact) mass is 949 g/mol. The molecule has 0 fully saturated rings. The Hall–Kier alpha value is -7.04. The molecule has 0 unspecified atom stereocenters. The van der Waals surface area contributed by atoms with Crippen LogP contribution in [0.1, 0.15) is 108 Å². The summed E-state index contributed by atoms with van der Waals surface area (Å²) in [6.07, 6.45) is 2.61. The lowest BCUT2D eigenvalue weighted by Gasteiger charge is -2.34. The minimum atomic E-state index is -1.74. The van der Waals surface area contributed by atoms with Gasteiger partial charge in [0.15, 0.2) is 0 Å². The topological polar surface area (TPSA) is 265 Å². The van der Waals surface area contributed by atoms with Crippen molar-refractivity contribution in [1.82, 2.24) is 36.9 Å². The van der Waals surface area contributed by atoms with Crippen LogP contribution in [0.5, 0.6) is 0 Å². The van der Waals surface area contributed by atoms with Gasteiger partial charge >= 0.3 is 11.9 Å². The Bertz CT molecular complexity index is 2480. The van der Waals surface area contributed by atoms with Gasteiger partial charge in [0, 0.05) is 36.4 Å². The second-order valence-electron chi connectivity index (χ2n) is 19.5. The highest BCUT2D eigenvalue weighted by Gasteiger charge is 2.41. The molecule has 3 aromatic carbocycles. The number of benzene rings is 3. The highest BCUT2D eigenvalue weighted by Crippen LogP contribution is 2.37. The van der Waals surface area contributed by atoms with Gasteiger partial charge in [-0.2, -0.15) is 0 Å². The van der Waals surface area contributed by atoms with E-state index >= 15 is 0 Å². The maximum atomic E-state index is 14.6. The van der Waals surface area contributed by atoms with Crippen molar-refractivity contribution in [3.05, 3.63) is 107 Å². The first-order valence-corrected chi connectivity index (χ1v) is 23.5. The van der Waals surface area contributed by atoms with Gasteiger partial charge in [-0.25, -0.2) is 4.79 Å². The lowest BCUT2D eigenvalue weighted by Crippen LogP contribution is -2.63. The fourth-order valence-electron chi connectivity index (χ4n) is 8.91. The van der Waals surface area contributed by atoms with Crippen molar-refractivity contribution in [3.63, 3.8) is 0 Å². The third-order valence-electron chi connectivity index (χ3n) is 12.7. The zero-order valence-electron chi connectivity index (χ0n) is 40.6. The van der Waals surface area contributed by atoms with Gasteiger partial charge in [0.2, 0.25) is 35.4 Å². The van der Waals surface area contributed by atoms with E-state index < -0.39 is 107 Å². The summed E-state index contributed by atoms with van der Waals surface area (Å²) >= 11 is 0. The molecule has 6 amide bonds. The number of nitrogens with one attached hydrogen (secondary N) is 7. The highest BCUT2D eigenvalue weighted by atomic mass is 16.4. The molecule has 69 heavy (non-hydrogen) atoms. The van der Waals surface area contributed by atoms with Crippen molar-refractivity contribution >= 4 is 58.3 Å². The first-order chi connectivity index (χ1) is 32.6. The van der Waals surface area contributed by atoms with Gasteiger partial charge in [-0.15, -0.1) is 0 Å². The van der Waals surface area contributed by atoms with Gasteiger partial charge in [-0.1, -0.05) is 122 Å². The number of aromatic nitrogens is 1. The van der Waals surface area contributed by atoms with Crippen LogP contribution in [0.2, 0.25) is 0 Å². The van der Waals surface area contributed by atoms with E-state index in [-0.39, 0.29) is 18.8 Å². The maximum Gasteiger partial charge on any atom is 0.326 e. The molecule has 0 aliphatic heterocycles. The number of carboxylic acids is 2. The average Bonchev–Trinajstić information content (AvgIpc) is 3.61. The summed E-state index contributed by atoms with van der Waals surface area (Å²) in [7, 11) is 0. The number of carbonyl (C=O) groups excluding carboxylic acids is 6. The molecule has 9 N–H and O–H groups in total. The predicted octanol–water partition coefficient (Wildman–Crippen LogP) is 4.27. The minimum Gasteiger partial charge on any atom is -0.481 e. The minimum absolute atomic E-state index is 0.0508. The molecule has 4 aromatic rings. The number of aliphatic carboxylic acids is 2. The maximum absolute atomic E-state index is 14.6. The van der Waals surface area contributed by atoms with Crippen molar-refractivity contribution < 1.29 is 48.6 Å². The number of amides is 6. The van der Waals surface area contributed by atoms with Gasteiger partial charge in [-0.05, 0) is 70.4 Å². The van der Waals surface area contributed by atoms with Crippen LogP contribution in [-0.4, -0.2) is 98.8 Å². The average molecular weight is 950 g/mol. The number of aromatic amines is 1. The van der Waals surface area contributed by atoms with E-state index in [4.69, 9.17) is 0 Å². The first kappa shape index (κ1) is 52.9. The molecule has 1 aromatic heterocycles. The molecule has 1 aliphatic carbocycles. The molecule has 17 heteroatoms. The van der Waals surface area contributed by atoms with E-state index in [9.17, 15) is 48.6 Å². The lowest BCUT2D eigenvalue weighted by molar-refractivity contribution is -0.143. The van der Waals surface area contributed by atoms with Gasteiger partial charge < -0.3 is 47.1 Å². The normalized spacial score (nSPS) is 15.6. The molecule has 370 valence electrons. The van der Waals surface area contributed by atoms with Crippen molar-refractivity contribution in [2.24, 2.45) is 17.3 Å². The molecule has 0 spiro atoms. The molecule has 7 atom stereocenters. The van der Waals surface area contributed by atoms with E-state index in [1.54, 1.807) is 40.8 Å². The summed E-state index contributed by atoms with van der Waals surface area (Å²) in [4.78, 5) is 112. The number of hydrogen-bond donors (Lipinski definition) is 9. The van der Waals surface area contributed by atoms with Crippen molar-refractivity contribution in [3.8, 4) is 0 Å². The van der Waals surface area contributed by atoms with E-state index in [1.807, 2.05) is 86.6 Å². The Labute approximate surface area is 402 Å². The first-order valence-electron chi connectivity index (χ1n) is 23.5. The zero-order valence-corrected chi connectivity index (χ0v) is 40.6. The van der Waals surface area contributed by atoms with Crippen molar-refractivity contribution in [1.29, 1.82) is 0 Å². The molecule has 0 saturated carbocycles. The molecule has 5 rings (SSSR count). The van der Waals surface area contributed by atoms with Crippen LogP contribution in [0.3, 0.4) is 0 Å². The van der Waals surface area contributed by atoms with E-state index in [2.05, 4.69) is 36.9 Å². The Morgan fingerprint density at radius 2 is 1.22 bits per heavy atom. The molecule has 17 nitrogen and oxygen atoms in total. The second kappa shape index (κ2) is 23.3. The van der Waals surface area contributed by atoms with Gasteiger partial charge in [0.05, 0.1) is 6.42 Å². The second-order valence-corrected chi connectivity index (χ2v) is 19.5. The molecule has 0 bridgehead atoms. The largest absolute Gasteiger partial charge is 0.481 e. The van der Waals surface area contributed by atoms with Crippen LogP contribution in [0.25, 0.3) is 10.9 Å². The zero-order chi connectivity index (χ0) is 50.7. The van der Waals surface area contributed by atoms with E-state index in [1.165, 1.54) is 6.92 Å². The van der Waals surface area contributed by atoms with Crippen LogP contribution in [0, 0.1) is 17.3 Å².